The van der Waals surface area contributed by atoms with Crippen LogP contribution in [0, 0.1) is 5.92 Å². The zero-order valence-corrected chi connectivity index (χ0v) is 12.2. The van der Waals surface area contributed by atoms with E-state index in [9.17, 15) is 4.79 Å². The van der Waals surface area contributed by atoms with E-state index >= 15 is 0 Å². The van der Waals surface area contributed by atoms with Crippen molar-refractivity contribution in [3.63, 3.8) is 0 Å². The van der Waals surface area contributed by atoms with Crippen LogP contribution in [-0.4, -0.2) is 48.6 Å². The molecule has 3 atom stereocenters. The summed E-state index contributed by atoms with van der Waals surface area (Å²) in [6.45, 7) is 5.21. The van der Waals surface area contributed by atoms with Crippen LogP contribution in [0.25, 0.3) is 0 Å². The van der Waals surface area contributed by atoms with Crippen LogP contribution in [0.4, 0.5) is 0 Å². The molecule has 0 aliphatic carbocycles. The molecule has 2 heterocycles. The highest BCUT2D eigenvalue weighted by Crippen LogP contribution is 2.26. The van der Waals surface area contributed by atoms with Crippen molar-refractivity contribution in [2.24, 2.45) is 5.92 Å². The number of carbonyl (C=O) groups excluding carboxylic acids is 1. The van der Waals surface area contributed by atoms with Gasteiger partial charge in [-0.15, -0.1) is 0 Å². The van der Waals surface area contributed by atoms with E-state index in [-0.39, 0.29) is 18.1 Å². The molecular formula is C16H23N3O. The Hall–Kier alpha value is -1.39. The van der Waals surface area contributed by atoms with Crippen LogP contribution in [0.3, 0.4) is 0 Å². The molecule has 0 saturated carbocycles. The lowest BCUT2D eigenvalue weighted by Gasteiger charge is -2.24. The molecule has 1 N–H and O–H groups in total. The smallest absolute Gasteiger partial charge is 0.245 e. The molecule has 3 rings (SSSR count). The first-order valence-electron chi connectivity index (χ1n) is 7.45. The van der Waals surface area contributed by atoms with Crippen LogP contribution in [0.15, 0.2) is 30.3 Å². The number of carbonyl (C=O) groups is 1. The molecule has 4 nitrogen and oxygen atoms in total. The Bertz CT molecular complexity index is 476. The lowest BCUT2D eigenvalue weighted by atomic mass is 10.1. The van der Waals surface area contributed by atoms with Crippen molar-refractivity contribution in [1.29, 1.82) is 0 Å². The standard InChI is InChI=1S/C16H23N3O/c1-12-17-15(14-6-4-3-5-7-14)16(20)19(12)11-13-8-9-18(2)10-13/h3-7,12-13,15,17H,8-11H2,1-2H3. The van der Waals surface area contributed by atoms with E-state index in [1.807, 2.05) is 35.2 Å². The number of hydrogen-bond donors (Lipinski definition) is 1. The van der Waals surface area contributed by atoms with Gasteiger partial charge in [-0.25, -0.2) is 0 Å². The van der Waals surface area contributed by atoms with Crippen molar-refractivity contribution < 1.29 is 4.79 Å². The first-order chi connectivity index (χ1) is 9.65. The first-order valence-corrected chi connectivity index (χ1v) is 7.45. The number of nitrogens with one attached hydrogen (secondary N) is 1. The average molecular weight is 273 g/mol. The monoisotopic (exact) mass is 273 g/mol. The molecule has 2 aliphatic rings. The number of benzene rings is 1. The van der Waals surface area contributed by atoms with Crippen molar-refractivity contribution in [2.45, 2.75) is 25.6 Å². The second-order valence-corrected chi connectivity index (χ2v) is 6.09. The highest BCUT2D eigenvalue weighted by molar-refractivity contribution is 5.85. The average Bonchev–Trinajstić information content (AvgIpc) is 2.98. The van der Waals surface area contributed by atoms with E-state index in [0.29, 0.717) is 5.92 Å². The SMILES string of the molecule is CC1NC(c2ccccc2)C(=O)N1CC1CCN(C)C1. The summed E-state index contributed by atoms with van der Waals surface area (Å²) >= 11 is 0. The molecule has 2 fully saturated rings. The molecule has 0 bridgehead atoms. The third kappa shape index (κ3) is 2.58. The van der Waals surface area contributed by atoms with Crippen LogP contribution in [0.1, 0.15) is 24.9 Å². The van der Waals surface area contributed by atoms with Crippen LogP contribution in [0.2, 0.25) is 0 Å². The van der Waals surface area contributed by atoms with Crippen molar-refractivity contribution in [2.75, 3.05) is 26.7 Å². The third-order valence-electron chi connectivity index (χ3n) is 4.48. The highest BCUT2D eigenvalue weighted by Gasteiger charge is 2.38. The first kappa shape index (κ1) is 13.6. The summed E-state index contributed by atoms with van der Waals surface area (Å²) in [6, 6.07) is 9.83. The fraction of sp³-hybridized carbons (Fsp3) is 0.562. The minimum absolute atomic E-state index is 0.124. The molecule has 2 aliphatic heterocycles. The van der Waals surface area contributed by atoms with Crippen molar-refractivity contribution in [1.82, 2.24) is 15.1 Å². The van der Waals surface area contributed by atoms with Gasteiger partial charge in [0.2, 0.25) is 5.91 Å². The molecular weight excluding hydrogens is 250 g/mol. The Morgan fingerprint density at radius 3 is 2.70 bits per heavy atom. The summed E-state index contributed by atoms with van der Waals surface area (Å²) in [5.74, 6) is 0.834. The van der Waals surface area contributed by atoms with Crippen molar-refractivity contribution >= 4 is 5.91 Å². The predicted molar refractivity (Wildman–Crippen MR) is 79.1 cm³/mol. The summed E-state index contributed by atoms with van der Waals surface area (Å²) in [4.78, 5) is 17.0. The minimum atomic E-state index is -0.176. The summed E-state index contributed by atoms with van der Waals surface area (Å²) < 4.78 is 0. The predicted octanol–water partition coefficient (Wildman–Crippen LogP) is 1.46. The van der Waals surface area contributed by atoms with E-state index in [4.69, 9.17) is 0 Å². The number of nitrogens with zero attached hydrogens (tertiary/aromatic N) is 2. The van der Waals surface area contributed by atoms with Gasteiger partial charge in [-0.1, -0.05) is 30.3 Å². The largest absolute Gasteiger partial charge is 0.325 e. The molecule has 4 heteroatoms. The molecule has 1 aromatic carbocycles. The van der Waals surface area contributed by atoms with Gasteiger partial charge in [0.05, 0.1) is 6.17 Å². The quantitative estimate of drug-likeness (QED) is 0.905. The Morgan fingerprint density at radius 1 is 1.30 bits per heavy atom. The molecule has 0 radical (unpaired) electrons. The zero-order valence-electron chi connectivity index (χ0n) is 12.2. The van der Waals surface area contributed by atoms with Crippen molar-refractivity contribution in [3.8, 4) is 0 Å². The fourth-order valence-electron chi connectivity index (χ4n) is 3.35. The summed E-state index contributed by atoms with van der Waals surface area (Å²) in [5.41, 5.74) is 1.07. The lowest BCUT2D eigenvalue weighted by Crippen LogP contribution is -2.38. The van der Waals surface area contributed by atoms with E-state index in [2.05, 4.69) is 24.2 Å². The number of amides is 1. The van der Waals surface area contributed by atoms with Gasteiger partial charge in [0.1, 0.15) is 6.04 Å². The number of hydrogen-bond acceptors (Lipinski definition) is 3. The Kier molecular flexibility index (Phi) is 3.76. The van der Waals surface area contributed by atoms with E-state index < -0.39 is 0 Å². The molecule has 1 amide bonds. The zero-order chi connectivity index (χ0) is 14.1. The maximum absolute atomic E-state index is 12.6. The molecule has 2 saturated heterocycles. The molecule has 3 unspecified atom stereocenters. The maximum Gasteiger partial charge on any atom is 0.245 e. The van der Waals surface area contributed by atoms with Gasteiger partial charge >= 0.3 is 0 Å². The van der Waals surface area contributed by atoms with E-state index in [1.54, 1.807) is 0 Å². The summed E-state index contributed by atoms with van der Waals surface area (Å²) in [7, 11) is 2.15. The van der Waals surface area contributed by atoms with Gasteiger partial charge in [0.25, 0.3) is 0 Å². The van der Waals surface area contributed by atoms with Gasteiger partial charge in [-0.2, -0.15) is 0 Å². The van der Waals surface area contributed by atoms with Crippen LogP contribution >= 0.6 is 0 Å². The van der Waals surface area contributed by atoms with Gasteiger partial charge in [-0.3, -0.25) is 10.1 Å². The highest BCUT2D eigenvalue weighted by atomic mass is 16.2. The lowest BCUT2D eigenvalue weighted by molar-refractivity contribution is -0.130. The topological polar surface area (TPSA) is 35.6 Å². The Morgan fingerprint density at radius 2 is 2.05 bits per heavy atom. The summed E-state index contributed by atoms with van der Waals surface area (Å²) in [6.07, 6.45) is 1.32. The van der Waals surface area contributed by atoms with Crippen LogP contribution in [-0.2, 0) is 4.79 Å². The number of likely N-dealkylation sites (tertiary alicyclic amines) is 1. The van der Waals surface area contributed by atoms with Gasteiger partial charge < -0.3 is 9.80 Å². The van der Waals surface area contributed by atoms with E-state index in [1.165, 1.54) is 6.42 Å². The minimum Gasteiger partial charge on any atom is -0.325 e. The second kappa shape index (κ2) is 5.54. The molecule has 108 valence electrons. The third-order valence-corrected chi connectivity index (χ3v) is 4.48. The molecule has 0 aromatic heterocycles. The Labute approximate surface area is 120 Å². The van der Waals surface area contributed by atoms with Crippen LogP contribution < -0.4 is 5.32 Å². The number of rotatable bonds is 3. The van der Waals surface area contributed by atoms with Crippen molar-refractivity contribution in [3.05, 3.63) is 35.9 Å². The fourth-order valence-corrected chi connectivity index (χ4v) is 3.35. The van der Waals surface area contributed by atoms with Gasteiger partial charge in [0.15, 0.2) is 0 Å². The van der Waals surface area contributed by atoms with Gasteiger partial charge in [-0.05, 0) is 38.4 Å². The molecule has 20 heavy (non-hydrogen) atoms. The second-order valence-electron chi connectivity index (χ2n) is 6.09. The van der Waals surface area contributed by atoms with Gasteiger partial charge in [0, 0.05) is 13.1 Å². The summed E-state index contributed by atoms with van der Waals surface area (Å²) in [5, 5.41) is 3.42. The maximum atomic E-state index is 12.6. The van der Waals surface area contributed by atoms with Crippen LogP contribution in [0.5, 0.6) is 0 Å². The molecule has 0 spiro atoms. The Balaban J connectivity index is 1.69. The molecule has 1 aromatic rings. The normalized spacial score (nSPS) is 31.2. The van der Waals surface area contributed by atoms with E-state index in [0.717, 1.165) is 25.2 Å².